The van der Waals surface area contributed by atoms with Crippen LogP contribution >= 0.6 is 0 Å². The predicted molar refractivity (Wildman–Crippen MR) is 137 cm³/mol. The second kappa shape index (κ2) is 10.9. The molecule has 0 aliphatic carbocycles. The molecule has 1 aliphatic heterocycles. The van der Waals surface area contributed by atoms with Crippen LogP contribution in [0.25, 0.3) is 0 Å². The van der Waals surface area contributed by atoms with Crippen molar-refractivity contribution in [2.24, 2.45) is 0 Å². The van der Waals surface area contributed by atoms with Crippen molar-refractivity contribution < 1.29 is 17.9 Å². The highest BCUT2D eigenvalue weighted by Gasteiger charge is 2.25. The molecule has 0 radical (unpaired) electrons. The third-order valence-corrected chi connectivity index (χ3v) is 7.91. The van der Waals surface area contributed by atoms with Crippen LogP contribution in [0.1, 0.15) is 11.1 Å². The van der Waals surface area contributed by atoms with Gasteiger partial charge in [0.1, 0.15) is 5.75 Å². The van der Waals surface area contributed by atoms with Gasteiger partial charge in [0, 0.05) is 26.2 Å². The summed E-state index contributed by atoms with van der Waals surface area (Å²) in [7, 11) is -1.76. The Morgan fingerprint density at radius 1 is 0.886 bits per heavy atom. The van der Waals surface area contributed by atoms with Crippen molar-refractivity contribution in [3.63, 3.8) is 0 Å². The first-order valence-corrected chi connectivity index (χ1v) is 13.1. The van der Waals surface area contributed by atoms with Gasteiger partial charge in [0.05, 0.1) is 17.1 Å². The van der Waals surface area contributed by atoms with Crippen LogP contribution in [0.5, 0.6) is 5.75 Å². The second-order valence-electron chi connectivity index (χ2n) is 8.78. The fraction of sp³-hybridized carbons (Fsp3) is 0.296. The van der Waals surface area contributed by atoms with Gasteiger partial charge in [0.2, 0.25) is 0 Å². The molecule has 0 saturated carbocycles. The van der Waals surface area contributed by atoms with Crippen molar-refractivity contribution in [2.45, 2.75) is 18.4 Å². The fourth-order valence-electron chi connectivity index (χ4n) is 3.90. The van der Waals surface area contributed by atoms with Crippen LogP contribution in [0.2, 0.25) is 0 Å². The third kappa shape index (κ3) is 6.21. The number of aryl methyl sites for hydroxylation is 1. The minimum atomic E-state index is -3.80. The Morgan fingerprint density at radius 2 is 1.51 bits per heavy atom. The van der Waals surface area contributed by atoms with Crippen LogP contribution in [0, 0.1) is 6.92 Å². The maximum Gasteiger partial charge on any atom is 0.264 e. The van der Waals surface area contributed by atoms with Crippen molar-refractivity contribution in [3.8, 4) is 5.75 Å². The first-order valence-electron chi connectivity index (χ1n) is 11.7. The molecular formula is C27H31N3O4S. The Morgan fingerprint density at radius 3 is 2.14 bits per heavy atom. The van der Waals surface area contributed by atoms with Crippen molar-refractivity contribution in [1.29, 1.82) is 0 Å². The number of carbonyl (C=O) groups is 1. The van der Waals surface area contributed by atoms with E-state index in [0.717, 1.165) is 24.2 Å². The van der Waals surface area contributed by atoms with Gasteiger partial charge in [-0.2, -0.15) is 0 Å². The molecule has 184 valence electrons. The number of anilines is 1. The monoisotopic (exact) mass is 493 g/mol. The lowest BCUT2D eigenvalue weighted by molar-refractivity contribution is -0.134. The first-order chi connectivity index (χ1) is 16.8. The average molecular weight is 494 g/mol. The number of amides is 1. The Bertz CT molecular complexity index is 1220. The highest BCUT2D eigenvalue weighted by Crippen LogP contribution is 2.28. The van der Waals surface area contributed by atoms with Crippen molar-refractivity contribution >= 4 is 21.6 Å². The van der Waals surface area contributed by atoms with E-state index in [9.17, 15) is 13.2 Å². The molecule has 0 atom stereocenters. The van der Waals surface area contributed by atoms with Gasteiger partial charge in [-0.15, -0.1) is 0 Å². The van der Waals surface area contributed by atoms with Crippen LogP contribution < -0.4 is 9.04 Å². The number of hydrogen-bond donors (Lipinski definition) is 0. The van der Waals surface area contributed by atoms with Crippen molar-refractivity contribution in [3.05, 3.63) is 90.0 Å². The van der Waals surface area contributed by atoms with Crippen LogP contribution in [0.3, 0.4) is 0 Å². The van der Waals surface area contributed by atoms with Crippen molar-refractivity contribution in [2.75, 3.05) is 44.1 Å². The summed E-state index contributed by atoms with van der Waals surface area (Å²) in [6, 6.07) is 23.2. The molecule has 0 N–H and O–H groups in total. The number of sulfonamides is 1. The molecule has 1 aliphatic rings. The number of hydrogen-bond acceptors (Lipinski definition) is 5. The largest absolute Gasteiger partial charge is 0.484 e. The van der Waals surface area contributed by atoms with E-state index in [1.54, 1.807) is 48.5 Å². The SMILES string of the molecule is Cc1ccc(S(=O)(=O)N(Cc2ccccc2)c2ccc(OCC(=O)N3CCN(C)CC3)cc2)cc1. The van der Waals surface area contributed by atoms with E-state index in [0.29, 0.717) is 24.5 Å². The maximum atomic E-state index is 13.6. The lowest BCUT2D eigenvalue weighted by Gasteiger charge is -2.32. The van der Waals surface area contributed by atoms with Gasteiger partial charge in [-0.25, -0.2) is 8.42 Å². The van der Waals surface area contributed by atoms with Gasteiger partial charge < -0.3 is 14.5 Å². The summed E-state index contributed by atoms with van der Waals surface area (Å²) in [6.45, 7) is 5.18. The maximum absolute atomic E-state index is 13.6. The highest BCUT2D eigenvalue weighted by molar-refractivity contribution is 7.92. The molecule has 0 bridgehead atoms. The molecule has 1 saturated heterocycles. The van der Waals surface area contributed by atoms with Gasteiger partial charge in [0.15, 0.2) is 6.61 Å². The minimum absolute atomic E-state index is 0.0432. The summed E-state index contributed by atoms with van der Waals surface area (Å²) >= 11 is 0. The molecular weight excluding hydrogens is 462 g/mol. The third-order valence-electron chi connectivity index (χ3n) is 6.12. The summed E-state index contributed by atoms with van der Waals surface area (Å²) in [4.78, 5) is 16.7. The molecule has 0 aromatic heterocycles. The zero-order chi connectivity index (χ0) is 24.8. The van der Waals surface area contributed by atoms with E-state index in [4.69, 9.17) is 4.74 Å². The van der Waals surface area contributed by atoms with E-state index in [1.165, 1.54) is 4.31 Å². The summed E-state index contributed by atoms with van der Waals surface area (Å²) in [6.07, 6.45) is 0. The van der Waals surface area contributed by atoms with Gasteiger partial charge in [-0.05, 0) is 55.9 Å². The summed E-state index contributed by atoms with van der Waals surface area (Å²) in [5.41, 5.74) is 2.39. The number of ether oxygens (including phenoxy) is 1. The van der Waals surface area contributed by atoms with Crippen LogP contribution in [-0.4, -0.2) is 64.0 Å². The molecule has 1 fully saturated rings. The smallest absolute Gasteiger partial charge is 0.264 e. The number of carbonyl (C=O) groups excluding carboxylic acids is 1. The Hall–Kier alpha value is -3.36. The molecule has 3 aromatic rings. The highest BCUT2D eigenvalue weighted by atomic mass is 32.2. The minimum Gasteiger partial charge on any atom is -0.484 e. The predicted octanol–water partition coefficient (Wildman–Crippen LogP) is 3.54. The van der Waals surface area contributed by atoms with Gasteiger partial charge in [-0.3, -0.25) is 9.10 Å². The van der Waals surface area contributed by atoms with E-state index in [2.05, 4.69) is 4.90 Å². The van der Waals surface area contributed by atoms with Gasteiger partial charge in [0.25, 0.3) is 15.9 Å². The zero-order valence-electron chi connectivity index (χ0n) is 20.1. The first kappa shape index (κ1) is 24.8. The van der Waals surface area contributed by atoms with E-state index in [1.807, 2.05) is 49.2 Å². The Kier molecular flexibility index (Phi) is 7.73. The molecule has 1 amide bonds. The molecule has 8 heteroatoms. The van der Waals surface area contributed by atoms with Crippen LogP contribution in [-0.2, 0) is 21.4 Å². The normalized spacial score (nSPS) is 14.5. The molecule has 3 aromatic carbocycles. The summed E-state index contributed by atoms with van der Waals surface area (Å²) in [5.74, 6) is 0.471. The lowest BCUT2D eigenvalue weighted by Crippen LogP contribution is -2.48. The Balaban J connectivity index is 1.51. The molecule has 4 rings (SSSR count). The average Bonchev–Trinajstić information content (AvgIpc) is 2.87. The number of rotatable bonds is 8. The lowest BCUT2D eigenvalue weighted by atomic mass is 10.2. The zero-order valence-corrected chi connectivity index (χ0v) is 20.9. The van der Waals surface area contributed by atoms with E-state index in [-0.39, 0.29) is 24.0 Å². The van der Waals surface area contributed by atoms with Crippen LogP contribution in [0.15, 0.2) is 83.8 Å². The van der Waals surface area contributed by atoms with Crippen molar-refractivity contribution in [1.82, 2.24) is 9.80 Å². The molecule has 7 nitrogen and oxygen atoms in total. The molecule has 1 heterocycles. The van der Waals surface area contributed by atoms with E-state index >= 15 is 0 Å². The number of piperazine rings is 1. The number of likely N-dealkylation sites (N-methyl/N-ethyl adjacent to an activating group) is 1. The Labute approximate surface area is 207 Å². The molecule has 0 unspecified atom stereocenters. The fourth-order valence-corrected chi connectivity index (χ4v) is 5.36. The number of nitrogens with zero attached hydrogens (tertiary/aromatic N) is 3. The number of benzene rings is 3. The molecule has 35 heavy (non-hydrogen) atoms. The van der Waals surface area contributed by atoms with Gasteiger partial charge >= 0.3 is 0 Å². The molecule has 0 spiro atoms. The summed E-state index contributed by atoms with van der Waals surface area (Å²) in [5, 5.41) is 0. The van der Waals surface area contributed by atoms with E-state index < -0.39 is 10.0 Å². The van der Waals surface area contributed by atoms with Gasteiger partial charge in [-0.1, -0.05) is 48.0 Å². The van der Waals surface area contributed by atoms with Crippen LogP contribution in [0.4, 0.5) is 5.69 Å². The standard InChI is InChI=1S/C27H31N3O4S/c1-22-8-14-26(15-9-22)35(32,33)30(20-23-6-4-3-5-7-23)24-10-12-25(13-11-24)34-21-27(31)29-18-16-28(2)17-19-29/h3-15H,16-21H2,1-2H3. The quantitative estimate of drug-likeness (QED) is 0.480. The topological polar surface area (TPSA) is 70.2 Å². The second-order valence-corrected chi connectivity index (χ2v) is 10.6. The summed E-state index contributed by atoms with van der Waals surface area (Å²) < 4.78 is 34.3.